The molecule has 0 saturated carbocycles. The Labute approximate surface area is 86.2 Å². The lowest BCUT2D eigenvalue weighted by atomic mass is 10.3. The highest BCUT2D eigenvalue weighted by Gasteiger charge is 1.99. The van der Waals surface area contributed by atoms with Crippen LogP contribution < -0.4 is 5.32 Å². The molecule has 0 amide bonds. The Morgan fingerprint density at radius 2 is 2.29 bits per heavy atom. The molecular weight excluding hydrogens is 174 g/mol. The van der Waals surface area contributed by atoms with Crippen LogP contribution in [0.25, 0.3) is 0 Å². The van der Waals surface area contributed by atoms with E-state index < -0.39 is 0 Å². The molecule has 0 aromatic carbocycles. The maximum atomic E-state index is 4.29. The van der Waals surface area contributed by atoms with Crippen LogP contribution >= 0.6 is 0 Å². The summed E-state index contributed by atoms with van der Waals surface area (Å²) in [6.45, 7) is 3.12. The second-order valence-electron chi connectivity index (χ2n) is 3.52. The first-order chi connectivity index (χ1) is 6.83. The fourth-order valence-electron chi connectivity index (χ4n) is 1.37. The maximum absolute atomic E-state index is 4.29. The lowest BCUT2D eigenvalue weighted by molar-refractivity contribution is 0.317. The van der Waals surface area contributed by atoms with Crippen LogP contribution in [0.15, 0.2) is 24.4 Å². The summed E-state index contributed by atoms with van der Waals surface area (Å²) in [4.78, 5) is 6.58. The number of hydrogen-bond donors (Lipinski definition) is 1. The molecule has 78 valence electrons. The van der Waals surface area contributed by atoms with Gasteiger partial charge in [0.15, 0.2) is 0 Å². The van der Waals surface area contributed by atoms with Crippen molar-refractivity contribution >= 4 is 0 Å². The Morgan fingerprint density at radius 3 is 2.93 bits per heavy atom. The molecule has 0 fully saturated rings. The van der Waals surface area contributed by atoms with E-state index in [-0.39, 0.29) is 0 Å². The molecule has 3 nitrogen and oxygen atoms in total. The van der Waals surface area contributed by atoms with Crippen molar-refractivity contribution in [2.24, 2.45) is 0 Å². The normalized spacial score (nSPS) is 10.8. The van der Waals surface area contributed by atoms with Gasteiger partial charge in [0.05, 0.1) is 5.69 Å². The number of hydrogen-bond acceptors (Lipinski definition) is 3. The van der Waals surface area contributed by atoms with Gasteiger partial charge in [-0.15, -0.1) is 0 Å². The molecule has 1 rings (SSSR count). The quantitative estimate of drug-likeness (QED) is 0.686. The van der Waals surface area contributed by atoms with Crippen molar-refractivity contribution in [1.82, 2.24) is 15.2 Å². The number of aromatic nitrogens is 1. The van der Waals surface area contributed by atoms with Gasteiger partial charge in [-0.3, -0.25) is 4.98 Å². The zero-order valence-corrected chi connectivity index (χ0v) is 9.03. The van der Waals surface area contributed by atoms with Crippen LogP contribution in [0.3, 0.4) is 0 Å². The van der Waals surface area contributed by atoms with Gasteiger partial charge in [-0.25, -0.2) is 0 Å². The van der Waals surface area contributed by atoms with Crippen molar-refractivity contribution in [3.05, 3.63) is 30.1 Å². The lowest BCUT2D eigenvalue weighted by Gasteiger charge is -2.15. The van der Waals surface area contributed by atoms with Crippen LogP contribution in [-0.2, 0) is 6.54 Å². The average Bonchev–Trinajstić information content (AvgIpc) is 2.20. The molecule has 3 heteroatoms. The third kappa shape index (κ3) is 4.35. The van der Waals surface area contributed by atoms with E-state index in [1.54, 1.807) is 0 Å². The van der Waals surface area contributed by atoms with Gasteiger partial charge in [-0.05, 0) is 45.7 Å². The summed E-state index contributed by atoms with van der Waals surface area (Å²) in [6.07, 6.45) is 3.02. The second-order valence-corrected chi connectivity index (χ2v) is 3.52. The van der Waals surface area contributed by atoms with Gasteiger partial charge in [0.2, 0.25) is 0 Å². The molecule has 1 N–H and O–H groups in total. The molecule has 1 aromatic rings. The van der Waals surface area contributed by atoms with Crippen molar-refractivity contribution in [3.8, 4) is 0 Å². The van der Waals surface area contributed by atoms with Crippen LogP contribution in [-0.4, -0.2) is 37.1 Å². The molecule has 0 saturated heterocycles. The van der Waals surface area contributed by atoms with Crippen LogP contribution in [0.2, 0.25) is 0 Å². The molecule has 0 unspecified atom stereocenters. The van der Waals surface area contributed by atoms with Crippen molar-refractivity contribution in [3.63, 3.8) is 0 Å². The number of nitrogens with one attached hydrogen (secondary N) is 1. The van der Waals surface area contributed by atoms with Crippen molar-refractivity contribution in [2.45, 2.75) is 13.0 Å². The van der Waals surface area contributed by atoms with E-state index in [2.05, 4.69) is 28.3 Å². The van der Waals surface area contributed by atoms with Crippen LogP contribution in [0.1, 0.15) is 12.1 Å². The molecule has 0 aliphatic carbocycles. The van der Waals surface area contributed by atoms with Gasteiger partial charge >= 0.3 is 0 Å². The lowest BCUT2D eigenvalue weighted by Crippen LogP contribution is -2.22. The minimum absolute atomic E-state index is 0.935. The predicted octanol–water partition coefficient (Wildman–Crippen LogP) is 1.12. The highest BCUT2D eigenvalue weighted by Crippen LogP contribution is 1.98. The summed E-state index contributed by atoms with van der Waals surface area (Å²) in [6, 6.07) is 6.04. The SMILES string of the molecule is CNCCCN(C)Cc1ccccn1. The first kappa shape index (κ1) is 11.1. The minimum Gasteiger partial charge on any atom is -0.320 e. The average molecular weight is 193 g/mol. The fraction of sp³-hybridized carbons (Fsp3) is 0.545. The Kier molecular flexibility index (Phi) is 5.19. The van der Waals surface area contributed by atoms with Gasteiger partial charge in [0.25, 0.3) is 0 Å². The molecule has 0 bridgehead atoms. The van der Waals surface area contributed by atoms with E-state index in [1.807, 2.05) is 25.4 Å². The zero-order valence-electron chi connectivity index (χ0n) is 9.03. The first-order valence-corrected chi connectivity index (χ1v) is 5.06. The zero-order chi connectivity index (χ0) is 10.2. The second kappa shape index (κ2) is 6.51. The Hall–Kier alpha value is -0.930. The molecule has 0 aliphatic rings. The van der Waals surface area contributed by atoms with E-state index in [4.69, 9.17) is 0 Å². The van der Waals surface area contributed by atoms with Crippen LogP contribution in [0.5, 0.6) is 0 Å². The van der Waals surface area contributed by atoms with Gasteiger partial charge in [-0.1, -0.05) is 6.07 Å². The van der Waals surface area contributed by atoms with E-state index in [1.165, 1.54) is 6.42 Å². The van der Waals surface area contributed by atoms with Gasteiger partial charge in [0.1, 0.15) is 0 Å². The minimum atomic E-state index is 0.935. The summed E-state index contributed by atoms with van der Waals surface area (Å²) < 4.78 is 0. The number of pyridine rings is 1. The monoisotopic (exact) mass is 193 g/mol. The summed E-state index contributed by atoms with van der Waals surface area (Å²) >= 11 is 0. The van der Waals surface area contributed by atoms with E-state index in [9.17, 15) is 0 Å². The Balaban J connectivity index is 2.23. The van der Waals surface area contributed by atoms with E-state index >= 15 is 0 Å². The smallest absolute Gasteiger partial charge is 0.0543 e. The van der Waals surface area contributed by atoms with Crippen molar-refractivity contribution < 1.29 is 0 Å². The maximum Gasteiger partial charge on any atom is 0.0543 e. The third-order valence-electron chi connectivity index (χ3n) is 2.12. The fourth-order valence-corrected chi connectivity index (χ4v) is 1.37. The predicted molar refractivity (Wildman–Crippen MR) is 59.1 cm³/mol. The molecule has 14 heavy (non-hydrogen) atoms. The van der Waals surface area contributed by atoms with Gasteiger partial charge in [-0.2, -0.15) is 0 Å². The molecule has 0 spiro atoms. The van der Waals surface area contributed by atoms with Gasteiger partial charge < -0.3 is 10.2 Å². The highest BCUT2D eigenvalue weighted by molar-refractivity contribution is 5.02. The van der Waals surface area contributed by atoms with E-state index in [0.29, 0.717) is 0 Å². The molecule has 0 atom stereocenters. The molecule has 1 heterocycles. The topological polar surface area (TPSA) is 28.2 Å². The molecule has 0 radical (unpaired) electrons. The highest BCUT2D eigenvalue weighted by atomic mass is 15.1. The standard InChI is InChI=1S/C11H19N3/c1-12-7-5-9-14(2)10-11-6-3-4-8-13-11/h3-4,6,8,12H,5,7,9-10H2,1-2H3. The van der Waals surface area contributed by atoms with Crippen LogP contribution in [0.4, 0.5) is 0 Å². The summed E-state index contributed by atoms with van der Waals surface area (Å²) in [5.41, 5.74) is 1.14. The van der Waals surface area contributed by atoms with Crippen molar-refractivity contribution in [2.75, 3.05) is 27.2 Å². The van der Waals surface area contributed by atoms with Crippen LogP contribution in [0, 0.1) is 0 Å². The van der Waals surface area contributed by atoms with Gasteiger partial charge in [0, 0.05) is 12.7 Å². The molecule has 0 aliphatic heterocycles. The number of nitrogens with zero attached hydrogens (tertiary/aromatic N) is 2. The molecular formula is C11H19N3. The first-order valence-electron chi connectivity index (χ1n) is 5.06. The third-order valence-corrected chi connectivity index (χ3v) is 2.12. The van der Waals surface area contributed by atoms with E-state index in [0.717, 1.165) is 25.3 Å². The summed E-state index contributed by atoms with van der Waals surface area (Å²) in [5.74, 6) is 0. The summed E-state index contributed by atoms with van der Waals surface area (Å²) in [5, 5.41) is 3.14. The number of rotatable bonds is 6. The Bertz CT molecular complexity index is 236. The summed E-state index contributed by atoms with van der Waals surface area (Å²) in [7, 11) is 4.11. The Morgan fingerprint density at radius 1 is 1.43 bits per heavy atom. The molecule has 1 aromatic heterocycles. The van der Waals surface area contributed by atoms with Crippen molar-refractivity contribution in [1.29, 1.82) is 0 Å². The largest absolute Gasteiger partial charge is 0.320 e.